The summed E-state index contributed by atoms with van der Waals surface area (Å²) in [5, 5.41) is 2.36. The Bertz CT molecular complexity index is 493. The summed E-state index contributed by atoms with van der Waals surface area (Å²) in [5.74, 6) is 0. The normalized spacial score (nSPS) is 20.6. The Kier molecular flexibility index (Phi) is 3.43. The first-order valence-electron chi connectivity index (χ1n) is 5.89. The SMILES string of the molecule is CC1(C)OB(c2cccc(N=C=S)c2)OC1(C)C. The monoisotopic (exact) mass is 261 g/mol. The molecule has 0 bridgehead atoms. The van der Waals surface area contributed by atoms with Gasteiger partial charge in [-0.05, 0) is 57.5 Å². The van der Waals surface area contributed by atoms with Crippen molar-refractivity contribution < 1.29 is 9.31 Å². The number of hydrogen-bond donors (Lipinski definition) is 0. The lowest BCUT2D eigenvalue weighted by atomic mass is 9.79. The van der Waals surface area contributed by atoms with Gasteiger partial charge in [-0.15, -0.1) is 0 Å². The van der Waals surface area contributed by atoms with Crippen LogP contribution in [-0.2, 0) is 9.31 Å². The van der Waals surface area contributed by atoms with E-state index in [4.69, 9.17) is 9.31 Å². The Morgan fingerprint density at radius 2 is 1.78 bits per heavy atom. The molecule has 2 rings (SSSR count). The van der Waals surface area contributed by atoms with Crippen LogP contribution in [0.5, 0.6) is 0 Å². The first kappa shape index (κ1) is 13.4. The number of hydrogen-bond acceptors (Lipinski definition) is 4. The molecule has 0 unspecified atom stereocenters. The molecule has 18 heavy (non-hydrogen) atoms. The molecule has 1 heterocycles. The molecule has 1 aromatic carbocycles. The molecular weight excluding hydrogens is 245 g/mol. The van der Waals surface area contributed by atoms with Crippen molar-refractivity contribution in [1.82, 2.24) is 0 Å². The Morgan fingerprint density at radius 1 is 1.17 bits per heavy atom. The fraction of sp³-hybridized carbons (Fsp3) is 0.462. The van der Waals surface area contributed by atoms with Gasteiger partial charge in [0.2, 0.25) is 0 Å². The maximum absolute atomic E-state index is 5.97. The molecule has 0 aromatic heterocycles. The summed E-state index contributed by atoms with van der Waals surface area (Å²) in [5.41, 5.74) is 1.04. The zero-order valence-electron chi connectivity index (χ0n) is 11.1. The summed E-state index contributed by atoms with van der Waals surface area (Å²) in [6.45, 7) is 8.14. The van der Waals surface area contributed by atoms with Crippen LogP contribution in [0.3, 0.4) is 0 Å². The molecule has 1 aliphatic heterocycles. The van der Waals surface area contributed by atoms with Crippen molar-refractivity contribution in [3.8, 4) is 0 Å². The predicted octanol–water partition coefficient (Wildman–Crippen LogP) is 2.72. The smallest absolute Gasteiger partial charge is 0.399 e. The zero-order valence-corrected chi connectivity index (χ0v) is 11.9. The molecule has 1 aromatic rings. The average Bonchev–Trinajstić information content (AvgIpc) is 2.49. The summed E-state index contributed by atoms with van der Waals surface area (Å²) in [6, 6.07) is 7.64. The van der Waals surface area contributed by atoms with E-state index < -0.39 is 0 Å². The average molecular weight is 261 g/mol. The van der Waals surface area contributed by atoms with Crippen LogP contribution in [0.2, 0.25) is 0 Å². The maximum atomic E-state index is 5.97. The number of benzene rings is 1. The molecule has 3 nitrogen and oxygen atoms in total. The summed E-state index contributed by atoms with van der Waals surface area (Å²) < 4.78 is 11.9. The molecule has 1 saturated heterocycles. The second-order valence-corrected chi connectivity index (χ2v) is 5.57. The van der Waals surface area contributed by atoms with E-state index in [1.165, 1.54) is 0 Å². The van der Waals surface area contributed by atoms with Crippen LogP contribution in [0.25, 0.3) is 0 Å². The van der Waals surface area contributed by atoms with Gasteiger partial charge in [0.05, 0.1) is 22.1 Å². The topological polar surface area (TPSA) is 30.8 Å². The van der Waals surface area contributed by atoms with Gasteiger partial charge in [0.15, 0.2) is 0 Å². The van der Waals surface area contributed by atoms with E-state index in [1.54, 1.807) is 0 Å². The van der Waals surface area contributed by atoms with Crippen LogP contribution in [0.4, 0.5) is 5.69 Å². The van der Waals surface area contributed by atoms with Crippen LogP contribution in [-0.4, -0.2) is 23.5 Å². The molecule has 94 valence electrons. The predicted molar refractivity (Wildman–Crippen MR) is 76.8 cm³/mol. The summed E-state index contributed by atoms with van der Waals surface area (Å²) in [4.78, 5) is 3.97. The second kappa shape index (κ2) is 4.59. The van der Waals surface area contributed by atoms with Crippen LogP contribution in [0.15, 0.2) is 29.3 Å². The van der Waals surface area contributed by atoms with Crippen molar-refractivity contribution >= 4 is 35.6 Å². The Balaban J connectivity index is 2.29. The van der Waals surface area contributed by atoms with E-state index in [1.807, 2.05) is 52.0 Å². The molecule has 5 heteroatoms. The van der Waals surface area contributed by atoms with Gasteiger partial charge in [-0.1, -0.05) is 12.1 Å². The number of isothiocyanates is 1. The molecule has 0 saturated carbocycles. The molecule has 1 aliphatic rings. The van der Waals surface area contributed by atoms with Gasteiger partial charge >= 0.3 is 7.12 Å². The van der Waals surface area contributed by atoms with E-state index in [0.717, 1.165) is 11.2 Å². The van der Waals surface area contributed by atoms with E-state index in [0.29, 0.717) is 0 Å². The van der Waals surface area contributed by atoms with E-state index >= 15 is 0 Å². The van der Waals surface area contributed by atoms with Gasteiger partial charge in [-0.3, -0.25) is 0 Å². The number of nitrogens with zero attached hydrogens (tertiary/aromatic N) is 1. The lowest BCUT2D eigenvalue weighted by Gasteiger charge is -2.32. The quantitative estimate of drug-likeness (QED) is 0.466. The van der Waals surface area contributed by atoms with E-state index in [9.17, 15) is 0 Å². The van der Waals surface area contributed by atoms with Crippen molar-refractivity contribution in [2.45, 2.75) is 38.9 Å². The zero-order chi connectivity index (χ0) is 13.4. The highest BCUT2D eigenvalue weighted by Crippen LogP contribution is 2.36. The maximum Gasteiger partial charge on any atom is 0.494 e. The standard InChI is InChI=1S/C13H16BNO2S/c1-12(2)13(3,4)17-14(16-12)10-6-5-7-11(8-10)15-9-18/h5-8H,1-4H3. The van der Waals surface area contributed by atoms with Crippen LogP contribution in [0, 0.1) is 0 Å². The Labute approximate surface area is 113 Å². The lowest BCUT2D eigenvalue weighted by Crippen LogP contribution is -2.41. The third-order valence-electron chi connectivity index (χ3n) is 3.57. The van der Waals surface area contributed by atoms with Gasteiger partial charge in [0.1, 0.15) is 0 Å². The van der Waals surface area contributed by atoms with Gasteiger partial charge in [0.25, 0.3) is 0 Å². The molecule has 0 aliphatic carbocycles. The lowest BCUT2D eigenvalue weighted by molar-refractivity contribution is 0.00578. The molecule has 0 N–H and O–H groups in total. The summed E-state index contributed by atoms with van der Waals surface area (Å²) >= 11 is 4.61. The number of aliphatic imine (C=N–C) groups is 1. The van der Waals surface area contributed by atoms with Crippen molar-refractivity contribution in [3.05, 3.63) is 24.3 Å². The first-order valence-corrected chi connectivity index (χ1v) is 6.30. The van der Waals surface area contributed by atoms with E-state index in [2.05, 4.69) is 22.4 Å². The summed E-state index contributed by atoms with van der Waals surface area (Å²) in [7, 11) is -0.365. The Morgan fingerprint density at radius 3 is 2.33 bits per heavy atom. The van der Waals surface area contributed by atoms with Gasteiger partial charge in [-0.25, -0.2) is 0 Å². The minimum Gasteiger partial charge on any atom is -0.399 e. The minimum atomic E-state index is -0.365. The van der Waals surface area contributed by atoms with Crippen molar-refractivity contribution in [3.63, 3.8) is 0 Å². The highest BCUT2D eigenvalue weighted by atomic mass is 32.1. The molecule has 0 atom stereocenters. The number of rotatable bonds is 2. The van der Waals surface area contributed by atoms with Crippen LogP contribution < -0.4 is 5.46 Å². The third-order valence-corrected chi connectivity index (χ3v) is 3.66. The van der Waals surface area contributed by atoms with Crippen LogP contribution >= 0.6 is 12.2 Å². The molecular formula is C13H16BNO2S. The van der Waals surface area contributed by atoms with Gasteiger partial charge in [0, 0.05) is 0 Å². The number of thiocarbonyl (C=S) groups is 1. The summed E-state index contributed by atoms with van der Waals surface area (Å²) in [6.07, 6.45) is 0. The van der Waals surface area contributed by atoms with Gasteiger partial charge < -0.3 is 9.31 Å². The molecule has 0 amide bonds. The van der Waals surface area contributed by atoms with Gasteiger partial charge in [-0.2, -0.15) is 4.99 Å². The second-order valence-electron chi connectivity index (χ2n) is 5.39. The highest BCUT2D eigenvalue weighted by Gasteiger charge is 2.51. The first-order chi connectivity index (χ1) is 8.36. The molecule has 0 radical (unpaired) electrons. The fourth-order valence-corrected chi connectivity index (χ4v) is 1.88. The van der Waals surface area contributed by atoms with E-state index in [-0.39, 0.29) is 18.3 Å². The van der Waals surface area contributed by atoms with Crippen molar-refractivity contribution in [2.75, 3.05) is 0 Å². The van der Waals surface area contributed by atoms with Crippen LogP contribution in [0.1, 0.15) is 27.7 Å². The molecule has 0 spiro atoms. The van der Waals surface area contributed by atoms with Crippen molar-refractivity contribution in [1.29, 1.82) is 0 Å². The fourth-order valence-electron chi connectivity index (χ4n) is 1.77. The Hall–Kier alpha value is -0.995. The van der Waals surface area contributed by atoms with Crippen molar-refractivity contribution in [2.24, 2.45) is 4.99 Å². The third kappa shape index (κ3) is 2.40. The molecule has 1 fully saturated rings. The minimum absolute atomic E-state index is 0.332. The highest BCUT2D eigenvalue weighted by molar-refractivity contribution is 7.78. The largest absolute Gasteiger partial charge is 0.494 e.